The van der Waals surface area contributed by atoms with Gasteiger partial charge in [-0.3, -0.25) is 10.3 Å². The minimum Gasteiger partial charge on any atom is -0.341 e. The van der Waals surface area contributed by atoms with Crippen LogP contribution in [0, 0.1) is 0 Å². The van der Waals surface area contributed by atoms with Gasteiger partial charge in [0.2, 0.25) is 0 Å². The van der Waals surface area contributed by atoms with E-state index in [1.165, 1.54) is 0 Å². The summed E-state index contributed by atoms with van der Waals surface area (Å²) in [6.07, 6.45) is 3.21. The Hall–Kier alpha value is -1.65. The minimum atomic E-state index is -0.295. The smallest absolute Gasteiger partial charge is 0.320 e. The van der Waals surface area contributed by atoms with Gasteiger partial charge >= 0.3 is 6.03 Å². The molecule has 0 spiro atoms. The number of nitrogens with zero attached hydrogens (tertiary/aromatic N) is 2. The van der Waals surface area contributed by atoms with E-state index in [0.717, 1.165) is 5.69 Å². The van der Waals surface area contributed by atoms with Crippen LogP contribution in [0.3, 0.4) is 0 Å². The normalized spacial score (nSPS) is 10.0. The van der Waals surface area contributed by atoms with Crippen molar-refractivity contribution in [1.29, 1.82) is 0 Å². The van der Waals surface area contributed by atoms with Crippen LogP contribution < -0.4 is 10.6 Å². The lowest BCUT2D eigenvalue weighted by atomic mass is 10.1. The summed E-state index contributed by atoms with van der Waals surface area (Å²) in [5.41, 5.74) is 0.910. The summed E-state index contributed by atoms with van der Waals surface area (Å²) >= 11 is 0. The van der Waals surface area contributed by atoms with E-state index in [0.29, 0.717) is 11.7 Å². The maximum atomic E-state index is 10.9. The molecule has 5 heteroatoms. The molecule has 2 amide bonds. The fourth-order valence-electron chi connectivity index (χ4n) is 0.880. The average Bonchev–Trinajstić information content (AvgIpc) is 2.18. The van der Waals surface area contributed by atoms with Gasteiger partial charge in [-0.1, -0.05) is 13.8 Å². The Labute approximate surface area is 83.0 Å². The van der Waals surface area contributed by atoms with Crippen molar-refractivity contribution in [3.05, 3.63) is 18.1 Å². The Morgan fingerprint density at radius 2 is 2.07 bits per heavy atom. The van der Waals surface area contributed by atoms with Gasteiger partial charge in [-0.15, -0.1) is 0 Å². The zero-order chi connectivity index (χ0) is 10.6. The molecule has 0 radical (unpaired) electrons. The number of nitrogens with one attached hydrogen (secondary N) is 2. The zero-order valence-corrected chi connectivity index (χ0v) is 8.53. The topological polar surface area (TPSA) is 66.9 Å². The van der Waals surface area contributed by atoms with Gasteiger partial charge in [0.25, 0.3) is 0 Å². The molecule has 76 valence electrons. The molecule has 0 unspecified atom stereocenters. The molecule has 1 heterocycles. The Balaban J connectivity index is 2.69. The van der Waals surface area contributed by atoms with Crippen LogP contribution >= 0.6 is 0 Å². The largest absolute Gasteiger partial charge is 0.341 e. The first kappa shape index (κ1) is 10.4. The Morgan fingerprint density at radius 1 is 1.36 bits per heavy atom. The van der Waals surface area contributed by atoms with Crippen molar-refractivity contribution < 1.29 is 4.79 Å². The fraction of sp³-hybridized carbons (Fsp3) is 0.444. The van der Waals surface area contributed by atoms with E-state index in [2.05, 4.69) is 20.6 Å². The molecule has 0 atom stereocenters. The highest BCUT2D eigenvalue weighted by atomic mass is 16.2. The summed E-state index contributed by atoms with van der Waals surface area (Å²) in [5, 5.41) is 4.97. The Bertz CT molecular complexity index is 307. The van der Waals surface area contributed by atoms with Gasteiger partial charge in [-0.2, -0.15) is 0 Å². The van der Waals surface area contributed by atoms with E-state index in [-0.39, 0.29) is 6.03 Å². The summed E-state index contributed by atoms with van der Waals surface area (Å²) in [4.78, 5) is 19.1. The van der Waals surface area contributed by atoms with Crippen molar-refractivity contribution in [2.45, 2.75) is 19.8 Å². The van der Waals surface area contributed by atoms with Gasteiger partial charge in [0, 0.05) is 7.05 Å². The van der Waals surface area contributed by atoms with Crippen molar-refractivity contribution in [1.82, 2.24) is 15.3 Å². The molecule has 0 aliphatic carbocycles. The molecule has 0 fully saturated rings. The predicted octanol–water partition coefficient (Wildman–Crippen LogP) is 1.35. The molecule has 1 aromatic rings. The van der Waals surface area contributed by atoms with Gasteiger partial charge < -0.3 is 5.32 Å². The van der Waals surface area contributed by atoms with Gasteiger partial charge in [0.1, 0.15) is 0 Å². The van der Waals surface area contributed by atoms with Gasteiger partial charge in [-0.25, -0.2) is 9.78 Å². The number of carbonyl (C=O) groups is 1. The van der Waals surface area contributed by atoms with Crippen LogP contribution in [-0.2, 0) is 0 Å². The number of carbonyl (C=O) groups excluding carboxylic acids is 1. The number of urea groups is 1. The molecule has 0 aromatic carbocycles. The second kappa shape index (κ2) is 4.55. The molecule has 0 saturated heterocycles. The molecule has 1 rings (SSSR count). The van der Waals surface area contributed by atoms with E-state index in [1.807, 2.05) is 13.8 Å². The van der Waals surface area contributed by atoms with Crippen molar-refractivity contribution in [2.24, 2.45) is 0 Å². The van der Waals surface area contributed by atoms with Gasteiger partial charge in [0.05, 0.1) is 18.1 Å². The number of amides is 2. The zero-order valence-electron chi connectivity index (χ0n) is 8.53. The first-order chi connectivity index (χ1) is 6.63. The second-order valence-electron chi connectivity index (χ2n) is 3.19. The summed E-state index contributed by atoms with van der Waals surface area (Å²) < 4.78 is 0. The van der Waals surface area contributed by atoms with Crippen molar-refractivity contribution in [2.75, 3.05) is 12.4 Å². The summed E-state index contributed by atoms with van der Waals surface area (Å²) in [5.74, 6) is 0.797. The number of aromatic nitrogens is 2. The van der Waals surface area contributed by atoms with E-state index < -0.39 is 0 Å². The van der Waals surface area contributed by atoms with Crippen LogP contribution in [0.4, 0.5) is 10.6 Å². The van der Waals surface area contributed by atoms with E-state index in [9.17, 15) is 4.79 Å². The minimum absolute atomic E-state index is 0.295. The van der Waals surface area contributed by atoms with Crippen LogP contribution in [-0.4, -0.2) is 23.0 Å². The third-order valence-electron chi connectivity index (χ3n) is 1.73. The van der Waals surface area contributed by atoms with E-state index >= 15 is 0 Å². The first-order valence-electron chi connectivity index (χ1n) is 4.44. The number of hydrogen-bond donors (Lipinski definition) is 2. The highest BCUT2D eigenvalue weighted by molar-refractivity contribution is 5.87. The first-order valence-corrected chi connectivity index (χ1v) is 4.44. The van der Waals surface area contributed by atoms with Crippen LogP contribution in [0.15, 0.2) is 12.4 Å². The van der Waals surface area contributed by atoms with Crippen molar-refractivity contribution in [3.63, 3.8) is 0 Å². The molecule has 0 saturated carbocycles. The second-order valence-corrected chi connectivity index (χ2v) is 3.19. The monoisotopic (exact) mass is 194 g/mol. The standard InChI is InChI=1S/C9H14N4O/c1-6(2)7-4-12-8(5-11-7)13-9(14)10-3/h4-6H,1-3H3,(H2,10,12,13,14). The number of rotatable bonds is 2. The van der Waals surface area contributed by atoms with Gasteiger partial charge in [-0.05, 0) is 5.92 Å². The van der Waals surface area contributed by atoms with Crippen LogP contribution in [0.25, 0.3) is 0 Å². The number of anilines is 1. The van der Waals surface area contributed by atoms with E-state index in [4.69, 9.17) is 0 Å². The molecule has 0 aliphatic heterocycles. The molecular weight excluding hydrogens is 180 g/mol. The SMILES string of the molecule is CNC(=O)Nc1cnc(C(C)C)cn1. The lowest BCUT2D eigenvalue weighted by molar-refractivity contribution is 0.254. The van der Waals surface area contributed by atoms with Crippen molar-refractivity contribution >= 4 is 11.8 Å². The predicted molar refractivity (Wildman–Crippen MR) is 54.2 cm³/mol. The Kier molecular flexibility index (Phi) is 3.39. The molecule has 0 bridgehead atoms. The Morgan fingerprint density at radius 3 is 2.50 bits per heavy atom. The van der Waals surface area contributed by atoms with Gasteiger partial charge in [0.15, 0.2) is 5.82 Å². The molecule has 1 aromatic heterocycles. The third-order valence-corrected chi connectivity index (χ3v) is 1.73. The summed E-state index contributed by atoms with van der Waals surface area (Å²) in [6.45, 7) is 4.08. The lowest BCUT2D eigenvalue weighted by Crippen LogP contribution is -2.25. The maximum Gasteiger partial charge on any atom is 0.320 e. The molecule has 5 nitrogen and oxygen atoms in total. The van der Waals surface area contributed by atoms with Crippen molar-refractivity contribution in [3.8, 4) is 0 Å². The van der Waals surface area contributed by atoms with Crippen LogP contribution in [0.2, 0.25) is 0 Å². The molecule has 14 heavy (non-hydrogen) atoms. The van der Waals surface area contributed by atoms with E-state index in [1.54, 1.807) is 19.4 Å². The molecule has 2 N–H and O–H groups in total. The molecule has 0 aliphatic rings. The highest BCUT2D eigenvalue weighted by Gasteiger charge is 2.03. The summed E-state index contributed by atoms with van der Waals surface area (Å²) in [6, 6.07) is -0.295. The molecular formula is C9H14N4O. The fourth-order valence-corrected chi connectivity index (χ4v) is 0.880. The number of hydrogen-bond acceptors (Lipinski definition) is 3. The summed E-state index contributed by atoms with van der Waals surface area (Å²) in [7, 11) is 1.55. The highest BCUT2D eigenvalue weighted by Crippen LogP contribution is 2.10. The van der Waals surface area contributed by atoms with Crippen LogP contribution in [0.1, 0.15) is 25.5 Å². The quantitative estimate of drug-likeness (QED) is 0.746. The maximum absolute atomic E-state index is 10.9. The average molecular weight is 194 g/mol. The third kappa shape index (κ3) is 2.69. The lowest BCUT2D eigenvalue weighted by Gasteiger charge is -2.05. The van der Waals surface area contributed by atoms with Crippen LogP contribution in [0.5, 0.6) is 0 Å².